The van der Waals surface area contributed by atoms with E-state index in [1.54, 1.807) is 17.5 Å². The van der Waals surface area contributed by atoms with E-state index in [0.717, 1.165) is 0 Å². The van der Waals surface area contributed by atoms with Crippen molar-refractivity contribution in [1.29, 1.82) is 0 Å². The Morgan fingerprint density at radius 2 is 2.28 bits per heavy atom. The average Bonchev–Trinajstić information content (AvgIpc) is 3.16. The lowest BCUT2D eigenvalue weighted by Gasteiger charge is -2.48. The molecule has 2 N–H and O–H groups in total. The maximum Gasteiger partial charge on any atom is 0.355 e. The number of hydrogen-bond donors (Lipinski definition) is 1. The third-order valence-electron chi connectivity index (χ3n) is 3.61. The maximum atomic E-state index is 12.4. The summed E-state index contributed by atoms with van der Waals surface area (Å²) in [6.45, 7) is -0.530. The Balaban J connectivity index is 1.87. The van der Waals surface area contributed by atoms with E-state index >= 15 is 0 Å². The lowest BCUT2D eigenvalue weighted by atomic mass is 10.0. The summed E-state index contributed by atoms with van der Waals surface area (Å²) in [5.41, 5.74) is 7.10. The van der Waals surface area contributed by atoms with Crippen LogP contribution in [0.2, 0.25) is 0 Å². The van der Waals surface area contributed by atoms with Crippen molar-refractivity contribution in [2.24, 2.45) is 5.73 Å². The summed E-state index contributed by atoms with van der Waals surface area (Å²) in [5.74, 6) is -1.35. The highest BCUT2D eigenvalue weighted by molar-refractivity contribution is 8.00. The number of amides is 1. The number of carbonyl (C=O) groups is 3. The fraction of sp³-hybridized carbons (Fsp3) is 0.357. The predicted molar refractivity (Wildman–Crippen MR) is 90.0 cm³/mol. The molecule has 132 valence electrons. The maximum absolute atomic E-state index is 12.4. The summed E-state index contributed by atoms with van der Waals surface area (Å²) >= 11 is 2.66. The number of hydrogen-bond acceptors (Lipinski definition) is 10. The van der Waals surface area contributed by atoms with E-state index < -0.39 is 24.6 Å². The zero-order valence-electron chi connectivity index (χ0n) is 13.1. The van der Waals surface area contributed by atoms with Crippen LogP contribution in [0, 0.1) is 0 Å². The Morgan fingerprint density at radius 1 is 1.48 bits per heavy atom. The number of carbonyl (C=O) groups excluding carboxylic acids is 3. The van der Waals surface area contributed by atoms with Gasteiger partial charge < -0.3 is 15.2 Å². The number of allylic oxidation sites excluding steroid dienone is 1. The highest BCUT2D eigenvalue weighted by atomic mass is 32.2. The molecule has 0 bridgehead atoms. The molecule has 9 nitrogen and oxygen atoms in total. The molecule has 1 aromatic heterocycles. The molecule has 0 aliphatic carbocycles. The van der Waals surface area contributed by atoms with Gasteiger partial charge in [-0.1, -0.05) is 10.6 Å². The molecule has 1 saturated heterocycles. The minimum absolute atomic E-state index is 0.0961. The SMILES string of the molecule is COC(=O)COC(=O)C1=C(C=Cc2csnn2)CS[C@H]2C(N)C(=O)N12. The van der Waals surface area contributed by atoms with Gasteiger partial charge in [0.2, 0.25) is 5.91 Å². The monoisotopic (exact) mass is 382 g/mol. The molecule has 1 fully saturated rings. The molecule has 3 heterocycles. The number of aromatic nitrogens is 2. The standard InChI is InChI=1S/C14H14N4O5S2/c1-22-9(19)4-23-14(21)11-7(2-3-8-6-25-17-16-8)5-24-13-10(15)12(20)18(11)13/h2-3,6,10,13H,4-5,15H2,1H3/t10?,13-/m0/s1. The summed E-state index contributed by atoms with van der Waals surface area (Å²) in [4.78, 5) is 37.0. The van der Waals surface area contributed by atoms with Gasteiger partial charge in [0, 0.05) is 11.1 Å². The number of thioether (sulfide) groups is 1. The van der Waals surface area contributed by atoms with Crippen LogP contribution in [0.4, 0.5) is 0 Å². The van der Waals surface area contributed by atoms with Gasteiger partial charge >= 0.3 is 11.9 Å². The second-order valence-electron chi connectivity index (χ2n) is 5.12. The Morgan fingerprint density at radius 3 is 2.96 bits per heavy atom. The molecule has 0 spiro atoms. The third kappa shape index (κ3) is 3.43. The number of esters is 2. The van der Waals surface area contributed by atoms with Crippen molar-refractivity contribution in [3.8, 4) is 0 Å². The lowest BCUT2D eigenvalue weighted by Crippen LogP contribution is -2.68. The van der Waals surface area contributed by atoms with Crippen LogP contribution in [-0.4, -0.2) is 63.2 Å². The van der Waals surface area contributed by atoms with Crippen LogP contribution in [0.5, 0.6) is 0 Å². The molecular formula is C14H14N4O5S2. The van der Waals surface area contributed by atoms with E-state index in [4.69, 9.17) is 10.5 Å². The first kappa shape index (κ1) is 17.6. The van der Waals surface area contributed by atoms with Crippen molar-refractivity contribution in [3.05, 3.63) is 28.4 Å². The predicted octanol–water partition coefficient (Wildman–Crippen LogP) is -0.236. The Kier molecular flexibility index (Phi) is 5.16. The normalized spacial score (nSPS) is 22.6. The Bertz CT molecular complexity index is 761. The van der Waals surface area contributed by atoms with Crippen molar-refractivity contribution in [2.75, 3.05) is 19.5 Å². The molecule has 2 atom stereocenters. The highest BCUT2D eigenvalue weighted by Gasteiger charge is 2.51. The van der Waals surface area contributed by atoms with Crippen molar-refractivity contribution >= 4 is 47.2 Å². The van der Waals surface area contributed by atoms with Gasteiger partial charge in [-0.3, -0.25) is 9.69 Å². The van der Waals surface area contributed by atoms with Crippen LogP contribution in [0.25, 0.3) is 6.08 Å². The molecule has 2 aliphatic heterocycles. The summed E-state index contributed by atoms with van der Waals surface area (Å²) in [7, 11) is 1.19. The van der Waals surface area contributed by atoms with Gasteiger partial charge in [-0.05, 0) is 23.2 Å². The summed E-state index contributed by atoms with van der Waals surface area (Å²) in [5, 5.41) is 5.32. The Labute approximate surface area is 151 Å². The van der Waals surface area contributed by atoms with Gasteiger partial charge in [0.15, 0.2) is 6.61 Å². The average molecular weight is 382 g/mol. The second-order valence-corrected chi connectivity index (χ2v) is 6.84. The van der Waals surface area contributed by atoms with E-state index in [2.05, 4.69) is 14.3 Å². The zero-order chi connectivity index (χ0) is 18.0. The van der Waals surface area contributed by atoms with Crippen LogP contribution in [0.3, 0.4) is 0 Å². The Hall–Kier alpha value is -2.24. The number of nitrogens with two attached hydrogens (primary N) is 1. The molecule has 0 radical (unpaired) electrons. The number of rotatable bonds is 5. The second kappa shape index (κ2) is 7.33. The first-order valence-corrected chi connectivity index (χ1v) is 9.04. The van der Waals surface area contributed by atoms with E-state index in [-0.39, 0.29) is 17.0 Å². The van der Waals surface area contributed by atoms with Gasteiger partial charge in [-0.25, -0.2) is 9.59 Å². The molecule has 1 unspecified atom stereocenters. The summed E-state index contributed by atoms with van der Waals surface area (Å²) in [6, 6.07) is -0.651. The van der Waals surface area contributed by atoms with Crippen molar-refractivity contribution in [2.45, 2.75) is 11.4 Å². The van der Waals surface area contributed by atoms with Gasteiger partial charge in [-0.2, -0.15) is 0 Å². The molecule has 0 aromatic carbocycles. The summed E-state index contributed by atoms with van der Waals surface area (Å²) < 4.78 is 13.2. The summed E-state index contributed by atoms with van der Waals surface area (Å²) in [6.07, 6.45) is 3.38. The van der Waals surface area contributed by atoms with Gasteiger partial charge in [0.1, 0.15) is 17.1 Å². The quantitative estimate of drug-likeness (QED) is 0.543. The number of β-lactam (4-membered cyclic amide) rings is 1. The lowest BCUT2D eigenvalue weighted by molar-refractivity contribution is -0.158. The van der Waals surface area contributed by atoms with E-state index in [1.807, 2.05) is 0 Å². The van der Waals surface area contributed by atoms with E-state index in [1.165, 1.54) is 35.3 Å². The van der Waals surface area contributed by atoms with Gasteiger partial charge in [-0.15, -0.1) is 16.9 Å². The fourth-order valence-electron chi connectivity index (χ4n) is 2.34. The fourth-order valence-corrected chi connectivity index (χ4v) is 4.03. The van der Waals surface area contributed by atoms with Crippen LogP contribution >= 0.6 is 23.3 Å². The number of fused-ring (bicyclic) bond motifs is 1. The first-order chi connectivity index (χ1) is 12.0. The molecule has 3 rings (SSSR count). The van der Waals surface area contributed by atoms with Gasteiger partial charge in [0.05, 0.1) is 12.8 Å². The largest absolute Gasteiger partial charge is 0.466 e. The van der Waals surface area contributed by atoms with Crippen molar-refractivity contribution in [1.82, 2.24) is 14.5 Å². The number of nitrogens with zero attached hydrogens (tertiary/aromatic N) is 3. The van der Waals surface area contributed by atoms with Crippen LogP contribution in [-0.2, 0) is 23.9 Å². The topological polar surface area (TPSA) is 125 Å². The van der Waals surface area contributed by atoms with Crippen molar-refractivity contribution in [3.63, 3.8) is 0 Å². The van der Waals surface area contributed by atoms with Crippen LogP contribution < -0.4 is 5.73 Å². The molecule has 0 saturated carbocycles. The molecule has 25 heavy (non-hydrogen) atoms. The highest BCUT2D eigenvalue weighted by Crippen LogP contribution is 2.40. The first-order valence-electron chi connectivity index (χ1n) is 7.15. The third-order valence-corrected chi connectivity index (χ3v) is 5.46. The van der Waals surface area contributed by atoms with Crippen LogP contribution in [0.1, 0.15) is 5.69 Å². The number of methoxy groups -OCH3 is 1. The molecule has 11 heteroatoms. The minimum Gasteiger partial charge on any atom is -0.466 e. The smallest absolute Gasteiger partial charge is 0.355 e. The molecule has 1 amide bonds. The minimum atomic E-state index is -0.771. The molecule has 2 aliphatic rings. The van der Waals surface area contributed by atoms with Gasteiger partial charge in [0.25, 0.3) is 0 Å². The van der Waals surface area contributed by atoms with E-state index in [9.17, 15) is 14.4 Å². The van der Waals surface area contributed by atoms with E-state index in [0.29, 0.717) is 17.0 Å². The molecular weight excluding hydrogens is 368 g/mol. The zero-order valence-corrected chi connectivity index (χ0v) is 14.7. The van der Waals surface area contributed by atoms with Crippen LogP contribution in [0.15, 0.2) is 22.7 Å². The van der Waals surface area contributed by atoms with Crippen molar-refractivity contribution < 1.29 is 23.9 Å². The number of ether oxygens (including phenoxy) is 2. The molecule has 1 aromatic rings.